The van der Waals surface area contributed by atoms with Crippen LogP contribution in [0.25, 0.3) is 10.8 Å². The molecule has 5 heteroatoms. The van der Waals surface area contributed by atoms with Crippen molar-refractivity contribution in [3.63, 3.8) is 0 Å². The number of primary amides is 1. The van der Waals surface area contributed by atoms with Crippen LogP contribution < -0.4 is 11.1 Å². The maximum absolute atomic E-state index is 12.7. The van der Waals surface area contributed by atoms with E-state index in [4.69, 9.17) is 10.2 Å². The highest BCUT2D eigenvalue weighted by Crippen LogP contribution is 2.29. The van der Waals surface area contributed by atoms with Gasteiger partial charge in [-0.05, 0) is 11.1 Å². The minimum absolute atomic E-state index is 0.0507. The van der Waals surface area contributed by atoms with Crippen LogP contribution in [0.4, 0.5) is 0 Å². The maximum atomic E-state index is 12.7. The van der Waals surface area contributed by atoms with Crippen LogP contribution in [0.2, 0.25) is 0 Å². The van der Waals surface area contributed by atoms with Gasteiger partial charge in [0.1, 0.15) is 0 Å². The van der Waals surface area contributed by atoms with Crippen molar-refractivity contribution in [3.05, 3.63) is 72.2 Å². The summed E-state index contributed by atoms with van der Waals surface area (Å²) in [7, 11) is 0. The van der Waals surface area contributed by atoms with Crippen LogP contribution in [0, 0.1) is 0 Å². The summed E-state index contributed by atoms with van der Waals surface area (Å²) in [4.78, 5) is 24.1. The van der Waals surface area contributed by atoms with Crippen molar-refractivity contribution in [3.8, 4) is 0 Å². The van der Waals surface area contributed by atoms with E-state index in [2.05, 4.69) is 5.32 Å². The first-order valence-corrected chi connectivity index (χ1v) is 7.70. The Labute approximate surface area is 139 Å². The van der Waals surface area contributed by atoms with Crippen LogP contribution in [-0.2, 0) is 16.1 Å². The number of fused-ring (bicyclic) bond motifs is 1. The molecule has 0 unspecified atom stereocenters. The molecule has 0 aliphatic rings. The summed E-state index contributed by atoms with van der Waals surface area (Å²) in [6, 6.07) is 15.2. The number of amides is 2. The lowest BCUT2D eigenvalue weighted by Crippen LogP contribution is -2.31. The van der Waals surface area contributed by atoms with Crippen molar-refractivity contribution in [2.75, 3.05) is 0 Å². The van der Waals surface area contributed by atoms with Gasteiger partial charge in [0.2, 0.25) is 11.8 Å². The molecule has 0 saturated carbocycles. The molecule has 0 radical (unpaired) electrons. The van der Waals surface area contributed by atoms with E-state index in [0.29, 0.717) is 6.54 Å². The highest BCUT2D eigenvalue weighted by molar-refractivity contribution is 5.95. The summed E-state index contributed by atoms with van der Waals surface area (Å²) in [6.07, 6.45) is 3.15. The Kier molecular flexibility index (Phi) is 4.61. The fourth-order valence-corrected chi connectivity index (χ4v) is 2.77. The molecule has 24 heavy (non-hydrogen) atoms. The van der Waals surface area contributed by atoms with E-state index < -0.39 is 11.8 Å². The largest absolute Gasteiger partial charge is 0.471 e. The number of rotatable bonds is 6. The molecule has 3 aromatic rings. The Bertz CT molecular complexity index is 855. The average Bonchev–Trinajstić information content (AvgIpc) is 3.07. The Balaban J connectivity index is 1.84. The molecule has 0 aliphatic heterocycles. The molecule has 2 amide bonds. The highest BCUT2D eigenvalue weighted by atomic mass is 16.3. The minimum Gasteiger partial charge on any atom is -0.471 e. The van der Waals surface area contributed by atoms with Gasteiger partial charge in [-0.2, -0.15) is 0 Å². The normalized spacial score (nSPS) is 12.0. The van der Waals surface area contributed by atoms with E-state index in [1.165, 1.54) is 0 Å². The summed E-state index contributed by atoms with van der Waals surface area (Å²) in [5, 5.41) is 4.59. The Morgan fingerprint density at radius 1 is 1.04 bits per heavy atom. The maximum Gasteiger partial charge on any atom is 0.228 e. The second-order valence-electron chi connectivity index (χ2n) is 5.65. The van der Waals surface area contributed by atoms with Crippen LogP contribution in [0.15, 0.2) is 65.5 Å². The summed E-state index contributed by atoms with van der Waals surface area (Å²) >= 11 is 0. The molecule has 0 fully saturated rings. The molecule has 1 atom stereocenters. The van der Waals surface area contributed by atoms with Crippen molar-refractivity contribution in [2.45, 2.75) is 18.9 Å². The predicted octanol–water partition coefficient (Wildman–Crippen LogP) is 2.71. The number of carbonyl (C=O) groups is 2. The lowest BCUT2D eigenvalue weighted by molar-refractivity contribution is -0.126. The Hall–Kier alpha value is -3.08. The third-order valence-corrected chi connectivity index (χ3v) is 3.96. The van der Waals surface area contributed by atoms with Crippen LogP contribution in [0.3, 0.4) is 0 Å². The van der Waals surface area contributed by atoms with Gasteiger partial charge in [0.15, 0.2) is 0 Å². The van der Waals surface area contributed by atoms with Crippen molar-refractivity contribution in [2.24, 2.45) is 5.73 Å². The molecule has 1 heterocycles. The predicted molar refractivity (Wildman–Crippen MR) is 91.1 cm³/mol. The molecule has 5 nitrogen and oxygen atoms in total. The smallest absolute Gasteiger partial charge is 0.228 e. The molecule has 0 aliphatic carbocycles. The van der Waals surface area contributed by atoms with Crippen LogP contribution >= 0.6 is 0 Å². The number of carbonyl (C=O) groups excluding carboxylic acids is 2. The SMILES string of the molecule is NC(=O)C[C@@H](C(=O)NCc1ccccc1)c1cccc2cocc12. The van der Waals surface area contributed by atoms with Gasteiger partial charge in [-0.25, -0.2) is 0 Å². The molecule has 3 N–H and O–H groups in total. The van der Waals surface area contributed by atoms with E-state index in [0.717, 1.165) is 21.9 Å². The molecular weight excluding hydrogens is 304 g/mol. The highest BCUT2D eigenvalue weighted by Gasteiger charge is 2.24. The van der Waals surface area contributed by atoms with Gasteiger partial charge in [0.25, 0.3) is 0 Å². The van der Waals surface area contributed by atoms with Crippen molar-refractivity contribution in [1.29, 1.82) is 0 Å². The zero-order valence-electron chi connectivity index (χ0n) is 13.1. The molecule has 1 aromatic heterocycles. The van der Waals surface area contributed by atoms with E-state index in [-0.39, 0.29) is 12.3 Å². The standard InChI is InChI=1S/C19H18N2O3/c20-18(22)9-16(15-8-4-7-14-11-24-12-17(14)15)19(23)21-10-13-5-2-1-3-6-13/h1-8,11-12,16H,9-10H2,(H2,20,22)(H,21,23)/t16-/m1/s1. The molecule has 122 valence electrons. The van der Waals surface area contributed by atoms with E-state index >= 15 is 0 Å². The first-order chi connectivity index (χ1) is 11.6. The number of benzene rings is 2. The van der Waals surface area contributed by atoms with E-state index in [1.54, 1.807) is 12.5 Å². The number of nitrogens with two attached hydrogens (primary N) is 1. The summed E-state index contributed by atoms with van der Waals surface area (Å²) < 4.78 is 5.22. The van der Waals surface area contributed by atoms with Gasteiger partial charge in [-0.1, -0.05) is 48.5 Å². The average molecular weight is 322 g/mol. The zero-order valence-corrected chi connectivity index (χ0v) is 13.1. The van der Waals surface area contributed by atoms with Crippen LogP contribution in [0.5, 0.6) is 0 Å². The number of furan rings is 1. The Morgan fingerprint density at radius 2 is 1.83 bits per heavy atom. The summed E-state index contributed by atoms with van der Waals surface area (Å²) in [5.41, 5.74) is 7.08. The molecule has 3 rings (SSSR count). The number of hydrogen-bond donors (Lipinski definition) is 2. The van der Waals surface area contributed by atoms with Gasteiger partial charge in [0.05, 0.1) is 18.4 Å². The Morgan fingerprint density at radius 3 is 2.58 bits per heavy atom. The van der Waals surface area contributed by atoms with Gasteiger partial charge >= 0.3 is 0 Å². The van der Waals surface area contributed by atoms with Gasteiger partial charge in [0, 0.05) is 23.7 Å². The fraction of sp³-hybridized carbons (Fsp3) is 0.158. The number of nitrogens with one attached hydrogen (secondary N) is 1. The first kappa shape index (κ1) is 15.8. The van der Waals surface area contributed by atoms with Gasteiger partial charge in [-0.3, -0.25) is 9.59 Å². The van der Waals surface area contributed by atoms with Crippen molar-refractivity contribution in [1.82, 2.24) is 5.32 Å². The molecule has 2 aromatic carbocycles. The fourth-order valence-electron chi connectivity index (χ4n) is 2.77. The third kappa shape index (κ3) is 3.46. The van der Waals surface area contributed by atoms with Gasteiger partial charge in [-0.15, -0.1) is 0 Å². The molecule has 0 bridgehead atoms. The van der Waals surface area contributed by atoms with E-state index in [1.807, 2.05) is 48.5 Å². The first-order valence-electron chi connectivity index (χ1n) is 7.70. The minimum atomic E-state index is -0.646. The topological polar surface area (TPSA) is 85.3 Å². The molecule has 0 saturated heterocycles. The van der Waals surface area contributed by atoms with Crippen LogP contribution in [0.1, 0.15) is 23.5 Å². The number of hydrogen-bond acceptors (Lipinski definition) is 3. The quantitative estimate of drug-likeness (QED) is 0.731. The van der Waals surface area contributed by atoms with Crippen molar-refractivity contribution >= 4 is 22.6 Å². The molecule has 0 spiro atoms. The van der Waals surface area contributed by atoms with Crippen LogP contribution in [-0.4, -0.2) is 11.8 Å². The van der Waals surface area contributed by atoms with Gasteiger partial charge < -0.3 is 15.5 Å². The summed E-state index contributed by atoms with van der Waals surface area (Å²) in [5.74, 6) is -1.39. The summed E-state index contributed by atoms with van der Waals surface area (Å²) in [6.45, 7) is 0.399. The third-order valence-electron chi connectivity index (χ3n) is 3.96. The second-order valence-corrected chi connectivity index (χ2v) is 5.65. The van der Waals surface area contributed by atoms with Crippen molar-refractivity contribution < 1.29 is 14.0 Å². The lowest BCUT2D eigenvalue weighted by atomic mass is 9.91. The lowest BCUT2D eigenvalue weighted by Gasteiger charge is -2.17. The monoisotopic (exact) mass is 322 g/mol. The second kappa shape index (κ2) is 7.00. The van der Waals surface area contributed by atoms with E-state index in [9.17, 15) is 9.59 Å². The molecular formula is C19H18N2O3. The zero-order chi connectivity index (χ0) is 16.9.